The Hall–Kier alpha value is -0.900. The molecule has 0 bridgehead atoms. The first-order chi connectivity index (χ1) is 9.21. The van der Waals surface area contributed by atoms with E-state index in [4.69, 9.17) is 0 Å². The van der Waals surface area contributed by atoms with Gasteiger partial charge in [0.25, 0.3) is 0 Å². The van der Waals surface area contributed by atoms with Gasteiger partial charge in [0.1, 0.15) is 0 Å². The van der Waals surface area contributed by atoms with Crippen LogP contribution in [0.3, 0.4) is 0 Å². The zero-order valence-electron chi connectivity index (χ0n) is 13.6. The molecule has 0 spiro atoms. The van der Waals surface area contributed by atoms with E-state index in [-0.39, 0.29) is 12.6 Å². The minimum atomic E-state index is -0.563. The minimum Gasteiger partial charge on any atom is -0.394 e. The van der Waals surface area contributed by atoms with Gasteiger partial charge in [0.05, 0.1) is 12.7 Å². The number of nitrogens with one attached hydrogen (secondary N) is 1. The van der Waals surface area contributed by atoms with Crippen LogP contribution in [0.15, 0.2) is 12.1 Å². The van der Waals surface area contributed by atoms with Gasteiger partial charge in [-0.25, -0.2) is 0 Å². The molecule has 0 amide bonds. The molecule has 1 aromatic carbocycles. The molecule has 20 heavy (non-hydrogen) atoms. The van der Waals surface area contributed by atoms with E-state index in [1.807, 2.05) is 34.6 Å². The third kappa shape index (κ3) is 4.05. The van der Waals surface area contributed by atoms with Gasteiger partial charge in [0.2, 0.25) is 0 Å². The van der Waals surface area contributed by atoms with Gasteiger partial charge in [-0.1, -0.05) is 24.6 Å². The number of hydrogen-bond donors (Lipinski definition) is 3. The molecule has 0 aliphatic heterocycles. The van der Waals surface area contributed by atoms with Crippen LogP contribution in [0, 0.1) is 20.8 Å². The molecule has 0 fully saturated rings. The summed E-state index contributed by atoms with van der Waals surface area (Å²) < 4.78 is 0. The maximum absolute atomic E-state index is 10.7. The van der Waals surface area contributed by atoms with Crippen LogP contribution in [0.5, 0.6) is 0 Å². The largest absolute Gasteiger partial charge is 0.394 e. The van der Waals surface area contributed by atoms with E-state index in [1.165, 1.54) is 5.56 Å². The summed E-state index contributed by atoms with van der Waals surface area (Å²) in [5.41, 5.74) is 4.07. The standard InChI is InChI=1S/C17H29NO2/c1-7-14(18-17(5,6)10-19)16(20)15-12(3)8-11(2)9-13(15)4/h8-9,14,16,18-20H,7,10H2,1-6H3. The Kier molecular flexibility index (Phi) is 5.75. The number of hydrogen-bond acceptors (Lipinski definition) is 3. The number of benzene rings is 1. The van der Waals surface area contributed by atoms with Crippen molar-refractivity contribution in [2.75, 3.05) is 6.61 Å². The van der Waals surface area contributed by atoms with E-state index >= 15 is 0 Å². The summed E-state index contributed by atoms with van der Waals surface area (Å²) in [4.78, 5) is 0. The topological polar surface area (TPSA) is 52.5 Å². The first-order valence-electron chi connectivity index (χ1n) is 7.36. The number of rotatable bonds is 6. The van der Waals surface area contributed by atoms with E-state index in [1.54, 1.807) is 0 Å². The highest BCUT2D eigenvalue weighted by molar-refractivity contribution is 5.39. The maximum atomic E-state index is 10.7. The molecule has 0 saturated carbocycles. The normalized spacial score (nSPS) is 15.2. The molecule has 2 unspecified atom stereocenters. The number of aryl methyl sites for hydroxylation is 3. The quantitative estimate of drug-likeness (QED) is 0.750. The summed E-state index contributed by atoms with van der Waals surface area (Å²) in [6, 6.07) is 4.14. The lowest BCUT2D eigenvalue weighted by molar-refractivity contribution is 0.0890. The van der Waals surface area contributed by atoms with Gasteiger partial charge in [-0.2, -0.15) is 0 Å². The molecular formula is C17H29NO2. The first-order valence-corrected chi connectivity index (χ1v) is 7.36. The predicted octanol–water partition coefficient (Wildman–Crippen LogP) is 2.78. The minimum absolute atomic E-state index is 0.0437. The van der Waals surface area contributed by atoms with Crippen LogP contribution in [-0.4, -0.2) is 28.4 Å². The van der Waals surface area contributed by atoms with E-state index < -0.39 is 11.6 Å². The molecule has 1 rings (SSSR count). The Bertz CT molecular complexity index is 431. The average molecular weight is 279 g/mol. The highest BCUT2D eigenvalue weighted by Gasteiger charge is 2.27. The van der Waals surface area contributed by atoms with Crippen molar-refractivity contribution in [3.8, 4) is 0 Å². The van der Waals surface area contributed by atoms with E-state index in [2.05, 4.69) is 24.4 Å². The van der Waals surface area contributed by atoms with Crippen LogP contribution in [0.4, 0.5) is 0 Å². The van der Waals surface area contributed by atoms with Crippen LogP contribution >= 0.6 is 0 Å². The summed E-state index contributed by atoms with van der Waals surface area (Å²) in [6.45, 7) is 12.1. The highest BCUT2D eigenvalue weighted by atomic mass is 16.3. The van der Waals surface area contributed by atoms with E-state index in [0.717, 1.165) is 23.1 Å². The molecule has 1 aromatic rings. The Labute approximate surface area is 123 Å². The van der Waals surface area contributed by atoms with Gasteiger partial charge in [0.15, 0.2) is 0 Å². The molecule has 0 radical (unpaired) electrons. The van der Waals surface area contributed by atoms with Crippen molar-refractivity contribution in [2.45, 2.75) is 65.6 Å². The molecule has 0 saturated heterocycles. The van der Waals surface area contributed by atoms with Crippen molar-refractivity contribution in [3.63, 3.8) is 0 Å². The number of aliphatic hydroxyl groups excluding tert-OH is 2. The molecule has 3 nitrogen and oxygen atoms in total. The van der Waals surface area contributed by atoms with E-state index in [9.17, 15) is 10.2 Å². The molecule has 2 atom stereocenters. The van der Waals surface area contributed by atoms with Crippen molar-refractivity contribution in [1.29, 1.82) is 0 Å². The summed E-state index contributed by atoms with van der Waals surface area (Å²) >= 11 is 0. The van der Waals surface area contributed by atoms with Gasteiger partial charge >= 0.3 is 0 Å². The van der Waals surface area contributed by atoms with Gasteiger partial charge in [-0.05, 0) is 57.7 Å². The second kappa shape index (κ2) is 6.70. The molecule has 3 heteroatoms. The van der Waals surface area contributed by atoms with Crippen molar-refractivity contribution in [2.24, 2.45) is 0 Å². The lowest BCUT2D eigenvalue weighted by Crippen LogP contribution is -2.50. The highest BCUT2D eigenvalue weighted by Crippen LogP contribution is 2.28. The fourth-order valence-electron chi connectivity index (χ4n) is 2.81. The van der Waals surface area contributed by atoms with Crippen LogP contribution in [0.2, 0.25) is 0 Å². The maximum Gasteiger partial charge on any atom is 0.0948 e. The van der Waals surface area contributed by atoms with Crippen molar-refractivity contribution < 1.29 is 10.2 Å². The lowest BCUT2D eigenvalue weighted by atomic mass is 9.90. The Morgan fingerprint density at radius 3 is 2.05 bits per heavy atom. The predicted molar refractivity (Wildman–Crippen MR) is 84.0 cm³/mol. The number of aliphatic hydroxyl groups is 2. The molecule has 3 N–H and O–H groups in total. The van der Waals surface area contributed by atoms with Gasteiger partial charge in [0, 0.05) is 11.6 Å². The first kappa shape index (κ1) is 17.2. The molecule has 114 valence electrons. The third-order valence-electron chi connectivity index (χ3n) is 3.83. The fraction of sp³-hybridized carbons (Fsp3) is 0.647. The molecule has 0 heterocycles. The molecule has 0 aliphatic rings. The SMILES string of the molecule is CCC(NC(C)(C)CO)C(O)c1c(C)cc(C)cc1C. The van der Waals surface area contributed by atoms with Crippen LogP contribution in [0.1, 0.15) is 55.5 Å². The van der Waals surface area contributed by atoms with Gasteiger partial charge in [-0.3, -0.25) is 0 Å². The second-order valence-corrected chi connectivity index (χ2v) is 6.46. The molecule has 0 aromatic heterocycles. The van der Waals surface area contributed by atoms with Gasteiger partial charge in [-0.15, -0.1) is 0 Å². The van der Waals surface area contributed by atoms with Crippen molar-refractivity contribution >= 4 is 0 Å². The second-order valence-electron chi connectivity index (χ2n) is 6.46. The van der Waals surface area contributed by atoms with E-state index in [0.29, 0.717) is 0 Å². The van der Waals surface area contributed by atoms with Gasteiger partial charge < -0.3 is 15.5 Å². The van der Waals surface area contributed by atoms with Crippen LogP contribution in [0.25, 0.3) is 0 Å². The summed E-state index contributed by atoms with van der Waals surface area (Å²) in [5.74, 6) is 0. The summed E-state index contributed by atoms with van der Waals surface area (Å²) in [7, 11) is 0. The Balaban J connectivity index is 3.06. The Morgan fingerprint density at radius 2 is 1.65 bits per heavy atom. The summed E-state index contributed by atoms with van der Waals surface area (Å²) in [6.07, 6.45) is 0.239. The molecular weight excluding hydrogens is 250 g/mol. The zero-order valence-corrected chi connectivity index (χ0v) is 13.6. The van der Waals surface area contributed by atoms with Crippen molar-refractivity contribution in [1.82, 2.24) is 5.32 Å². The lowest BCUT2D eigenvalue weighted by Gasteiger charge is -2.33. The zero-order chi connectivity index (χ0) is 15.5. The average Bonchev–Trinajstić information content (AvgIpc) is 2.34. The van der Waals surface area contributed by atoms with Crippen LogP contribution in [-0.2, 0) is 0 Å². The third-order valence-corrected chi connectivity index (χ3v) is 3.83. The Morgan fingerprint density at radius 1 is 1.15 bits per heavy atom. The smallest absolute Gasteiger partial charge is 0.0948 e. The van der Waals surface area contributed by atoms with Crippen molar-refractivity contribution in [3.05, 3.63) is 34.4 Å². The summed E-state index contributed by atoms with van der Waals surface area (Å²) in [5, 5.41) is 23.5. The fourth-order valence-corrected chi connectivity index (χ4v) is 2.81. The monoisotopic (exact) mass is 279 g/mol. The molecule has 0 aliphatic carbocycles. The van der Waals surface area contributed by atoms with Crippen LogP contribution < -0.4 is 5.32 Å².